The summed E-state index contributed by atoms with van der Waals surface area (Å²) in [5.41, 5.74) is 0.524. The molecule has 1 aromatic rings. The Morgan fingerprint density at radius 2 is 1.68 bits per heavy atom. The molecule has 0 atom stereocenters. The molecule has 22 heavy (non-hydrogen) atoms. The van der Waals surface area contributed by atoms with Crippen LogP contribution in [0.5, 0.6) is 0 Å². The minimum atomic E-state index is -0.290. The van der Waals surface area contributed by atoms with Gasteiger partial charge in [-0.2, -0.15) is 0 Å². The Balaban J connectivity index is 3.00. The van der Waals surface area contributed by atoms with Gasteiger partial charge in [-0.3, -0.25) is 0 Å². The summed E-state index contributed by atoms with van der Waals surface area (Å²) in [6, 6.07) is 0.468. The van der Waals surface area contributed by atoms with Crippen molar-refractivity contribution in [2.75, 3.05) is 11.4 Å². The van der Waals surface area contributed by atoms with Crippen molar-refractivity contribution >= 4 is 5.95 Å². The third-order valence-corrected chi connectivity index (χ3v) is 4.08. The molecule has 0 unspecified atom stereocenters. The standard InChI is InChI=1S/C18H32FN3/c1-5-9-11-15(12-10-6-2)22(13-7-3)18-20-14-16(19)17(8-4)21-18/h14-15H,5-13H2,1-4H3. The van der Waals surface area contributed by atoms with Crippen LogP contribution in [-0.4, -0.2) is 22.6 Å². The van der Waals surface area contributed by atoms with Crippen molar-refractivity contribution in [3.63, 3.8) is 0 Å². The lowest BCUT2D eigenvalue weighted by Gasteiger charge is -2.32. The molecule has 0 radical (unpaired) electrons. The first-order valence-electron chi connectivity index (χ1n) is 8.95. The van der Waals surface area contributed by atoms with Gasteiger partial charge in [-0.25, -0.2) is 14.4 Å². The van der Waals surface area contributed by atoms with Gasteiger partial charge in [0, 0.05) is 12.6 Å². The molecular weight excluding hydrogens is 277 g/mol. The molecule has 0 aromatic carbocycles. The Bertz CT molecular complexity index is 415. The first kappa shape index (κ1) is 18.9. The minimum absolute atomic E-state index is 0.290. The van der Waals surface area contributed by atoms with Crippen molar-refractivity contribution < 1.29 is 4.39 Å². The van der Waals surface area contributed by atoms with Gasteiger partial charge in [0.25, 0.3) is 0 Å². The first-order valence-corrected chi connectivity index (χ1v) is 8.95. The van der Waals surface area contributed by atoms with Crippen LogP contribution in [-0.2, 0) is 6.42 Å². The van der Waals surface area contributed by atoms with Crippen molar-refractivity contribution in [2.24, 2.45) is 0 Å². The largest absolute Gasteiger partial charge is 0.338 e. The van der Waals surface area contributed by atoms with Crippen molar-refractivity contribution in [3.8, 4) is 0 Å². The number of hydrogen-bond donors (Lipinski definition) is 0. The zero-order chi connectivity index (χ0) is 16.4. The van der Waals surface area contributed by atoms with Gasteiger partial charge >= 0.3 is 0 Å². The molecule has 0 aliphatic rings. The highest BCUT2D eigenvalue weighted by Crippen LogP contribution is 2.21. The quantitative estimate of drug-likeness (QED) is 0.566. The van der Waals surface area contributed by atoms with E-state index in [1.165, 1.54) is 44.7 Å². The van der Waals surface area contributed by atoms with Crippen molar-refractivity contribution in [1.82, 2.24) is 9.97 Å². The number of aromatic nitrogens is 2. The smallest absolute Gasteiger partial charge is 0.225 e. The van der Waals surface area contributed by atoms with Crippen LogP contribution in [0.3, 0.4) is 0 Å². The maximum Gasteiger partial charge on any atom is 0.225 e. The van der Waals surface area contributed by atoms with Crippen molar-refractivity contribution in [1.29, 1.82) is 0 Å². The Kier molecular flexibility index (Phi) is 9.02. The van der Waals surface area contributed by atoms with Crippen molar-refractivity contribution in [3.05, 3.63) is 17.7 Å². The van der Waals surface area contributed by atoms with E-state index in [1.54, 1.807) is 0 Å². The summed E-state index contributed by atoms with van der Waals surface area (Å²) in [4.78, 5) is 11.1. The summed E-state index contributed by atoms with van der Waals surface area (Å²) in [6.45, 7) is 9.50. The van der Waals surface area contributed by atoms with E-state index >= 15 is 0 Å². The van der Waals surface area contributed by atoms with E-state index in [9.17, 15) is 4.39 Å². The molecule has 0 fully saturated rings. The molecule has 0 aliphatic heterocycles. The van der Waals surface area contributed by atoms with Crippen LogP contribution in [0.15, 0.2) is 6.20 Å². The molecule has 0 bridgehead atoms. The van der Waals surface area contributed by atoms with Crippen LogP contribution < -0.4 is 4.90 Å². The van der Waals surface area contributed by atoms with Gasteiger partial charge in [0.1, 0.15) is 0 Å². The average molecular weight is 309 g/mol. The van der Waals surface area contributed by atoms with Crippen LogP contribution in [0.2, 0.25) is 0 Å². The Labute approximate surface area is 135 Å². The van der Waals surface area contributed by atoms with Gasteiger partial charge in [-0.1, -0.05) is 53.4 Å². The molecule has 0 saturated carbocycles. The molecule has 0 saturated heterocycles. The fourth-order valence-electron chi connectivity index (χ4n) is 2.80. The van der Waals surface area contributed by atoms with E-state index in [0.717, 1.165) is 13.0 Å². The lowest BCUT2D eigenvalue weighted by atomic mass is 10.0. The Hall–Kier alpha value is -1.19. The van der Waals surface area contributed by atoms with Crippen LogP contribution in [0.1, 0.15) is 78.3 Å². The van der Waals surface area contributed by atoms with Crippen LogP contribution in [0, 0.1) is 5.82 Å². The number of hydrogen-bond acceptors (Lipinski definition) is 3. The Morgan fingerprint density at radius 3 is 2.18 bits per heavy atom. The molecule has 1 aromatic heterocycles. The minimum Gasteiger partial charge on any atom is -0.338 e. The molecule has 0 N–H and O–H groups in total. The molecule has 0 aliphatic carbocycles. The van der Waals surface area contributed by atoms with E-state index in [-0.39, 0.29) is 5.82 Å². The molecule has 126 valence electrons. The van der Waals surface area contributed by atoms with Gasteiger partial charge in [-0.15, -0.1) is 0 Å². The molecular formula is C18H32FN3. The van der Waals surface area contributed by atoms with E-state index in [4.69, 9.17) is 0 Å². The first-order chi connectivity index (χ1) is 10.7. The fraction of sp³-hybridized carbons (Fsp3) is 0.778. The summed E-state index contributed by atoms with van der Waals surface area (Å²) >= 11 is 0. The van der Waals surface area contributed by atoms with Gasteiger partial charge in [0.15, 0.2) is 5.82 Å². The van der Waals surface area contributed by atoms with Gasteiger partial charge < -0.3 is 4.90 Å². The third kappa shape index (κ3) is 5.54. The summed E-state index contributed by atoms with van der Waals surface area (Å²) in [5.74, 6) is 0.415. The second kappa shape index (κ2) is 10.5. The second-order valence-electron chi connectivity index (χ2n) is 5.95. The highest BCUT2D eigenvalue weighted by Gasteiger charge is 2.20. The summed E-state index contributed by atoms with van der Waals surface area (Å²) in [5, 5.41) is 0. The molecule has 3 nitrogen and oxygen atoms in total. The lowest BCUT2D eigenvalue weighted by Crippen LogP contribution is -2.37. The molecule has 0 amide bonds. The van der Waals surface area contributed by atoms with Crippen LogP contribution in [0.4, 0.5) is 10.3 Å². The highest BCUT2D eigenvalue weighted by atomic mass is 19.1. The van der Waals surface area contributed by atoms with E-state index in [1.807, 2.05) is 6.92 Å². The molecule has 0 spiro atoms. The average Bonchev–Trinajstić information content (AvgIpc) is 2.54. The summed E-state index contributed by atoms with van der Waals surface area (Å²) < 4.78 is 13.7. The van der Waals surface area contributed by atoms with E-state index in [0.29, 0.717) is 24.1 Å². The van der Waals surface area contributed by atoms with Crippen LogP contribution >= 0.6 is 0 Å². The maximum atomic E-state index is 13.7. The second-order valence-corrected chi connectivity index (χ2v) is 5.95. The number of nitrogens with zero attached hydrogens (tertiary/aromatic N) is 3. The predicted molar refractivity (Wildman–Crippen MR) is 91.8 cm³/mol. The third-order valence-electron chi connectivity index (χ3n) is 4.08. The highest BCUT2D eigenvalue weighted by molar-refractivity contribution is 5.32. The number of rotatable bonds is 11. The number of unbranched alkanes of at least 4 members (excludes halogenated alkanes) is 2. The number of anilines is 1. The topological polar surface area (TPSA) is 29.0 Å². The molecule has 4 heteroatoms. The summed E-state index contributed by atoms with van der Waals surface area (Å²) in [6.07, 6.45) is 10.2. The maximum absolute atomic E-state index is 13.7. The zero-order valence-corrected chi connectivity index (χ0v) is 14.7. The summed E-state index contributed by atoms with van der Waals surface area (Å²) in [7, 11) is 0. The van der Waals surface area contributed by atoms with Gasteiger partial charge in [0.2, 0.25) is 5.95 Å². The monoisotopic (exact) mass is 309 g/mol. The van der Waals surface area contributed by atoms with Gasteiger partial charge in [-0.05, 0) is 25.7 Å². The number of halogens is 1. The van der Waals surface area contributed by atoms with Crippen molar-refractivity contribution in [2.45, 2.75) is 85.1 Å². The molecule has 1 rings (SSSR count). The molecule has 1 heterocycles. The lowest BCUT2D eigenvalue weighted by molar-refractivity contribution is 0.469. The zero-order valence-electron chi connectivity index (χ0n) is 14.7. The SMILES string of the molecule is CCCCC(CCCC)N(CCC)c1ncc(F)c(CC)n1. The van der Waals surface area contributed by atoms with E-state index < -0.39 is 0 Å². The predicted octanol–water partition coefficient (Wildman–Crippen LogP) is 5.14. The normalized spacial score (nSPS) is 11.2. The number of aryl methyl sites for hydroxylation is 1. The fourth-order valence-corrected chi connectivity index (χ4v) is 2.80. The van der Waals surface area contributed by atoms with Crippen LogP contribution in [0.25, 0.3) is 0 Å². The Morgan fingerprint density at radius 1 is 1.05 bits per heavy atom. The van der Waals surface area contributed by atoms with E-state index in [2.05, 4.69) is 35.6 Å². The van der Waals surface area contributed by atoms with Gasteiger partial charge in [0.05, 0.1) is 11.9 Å².